The normalized spacial score (nSPS) is 18.0. The monoisotopic (exact) mass is 758 g/mol. The smallest absolute Gasteiger partial charge is 0.388 e. The van der Waals surface area contributed by atoms with Gasteiger partial charge < -0.3 is 16.0 Å². The van der Waals surface area contributed by atoms with E-state index in [4.69, 9.17) is 4.98 Å². The molecule has 55 heavy (non-hydrogen) atoms. The fraction of sp³-hybridized carbons (Fsp3) is 0.250. The SMILES string of the molecule is CNc1ccc(C#Cc2ccc(-c3ccc4c(c3)C(=O)NC4)c([C@H](Cc3cc(F)cc(F)c3)NC(=O)Cn3nc(C(F)(F)F)c4c3C(F)(F)[C@@H]3CC43)n2)cc1. The molecule has 1 saturated carbocycles. The molecule has 15 heteroatoms. The number of alkyl halides is 5. The van der Waals surface area contributed by atoms with Crippen molar-refractivity contribution in [1.82, 2.24) is 25.4 Å². The summed E-state index contributed by atoms with van der Waals surface area (Å²) in [6.07, 6.45) is -5.45. The van der Waals surface area contributed by atoms with Crippen LogP contribution in [0.2, 0.25) is 0 Å². The number of fused-ring (bicyclic) bond motifs is 4. The number of carbonyl (C=O) groups is 2. The van der Waals surface area contributed by atoms with Gasteiger partial charge in [-0.3, -0.25) is 14.3 Å². The highest BCUT2D eigenvalue weighted by Crippen LogP contribution is 2.68. The summed E-state index contributed by atoms with van der Waals surface area (Å²) in [5.74, 6) is -3.10. The quantitative estimate of drug-likeness (QED) is 0.115. The number of rotatable bonds is 8. The third-order valence-electron chi connectivity index (χ3n) is 10.1. The molecule has 3 heterocycles. The third-order valence-corrected chi connectivity index (χ3v) is 10.1. The fourth-order valence-corrected chi connectivity index (χ4v) is 7.44. The standard InChI is InChI=1S/C40H29F7N6O2/c1-48-26-7-2-20(3-8-26)4-9-27-10-11-28(22-5-6-23-18-49-38(55)29(23)15-22)35(50-27)32(14-21-12-24(41)16-25(42)13-21)51-33(54)19-53-37-34(36(52-53)40(45,46)47)30-17-31(30)39(37,43)44/h2-3,5-8,10-13,15-16,30-32,48H,14,17-19H2,1H3,(H,49,55)(H,51,54)/t30?,31-,32+/m1/s1. The van der Waals surface area contributed by atoms with Crippen molar-refractivity contribution in [3.63, 3.8) is 0 Å². The van der Waals surface area contributed by atoms with E-state index in [0.717, 1.165) is 23.4 Å². The highest BCUT2D eigenvalue weighted by Gasteiger charge is 2.68. The number of aromatic nitrogens is 3. The highest BCUT2D eigenvalue weighted by atomic mass is 19.4. The van der Waals surface area contributed by atoms with E-state index in [1.165, 1.54) is 0 Å². The van der Waals surface area contributed by atoms with Crippen LogP contribution < -0.4 is 16.0 Å². The van der Waals surface area contributed by atoms with Crippen molar-refractivity contribution < 1.29 is 40.3 Å². The molecule has 2 aromatic heterocycles. The zero-order chi connectivity index (χ0) is 38.8. The number of hydrogen-bond acceptors (Lipinski definition) is 5. The minimum atomic E-state index is -5.04. The Morgan fingerprint density at radius 1 is 1.00 bits per heavy atom. The molecule has 1 aliphatic heterocycles. The van der Waals surface area contributed by atoms with Crippen LogP contribution in [0.1, 0.15) is 73.8 Å². The predicted octanol–water partition coefficient (Wildman–Crippen LogP) is 7.24. The second-order valence-corrected chi connectivity index (χ2v) is 13.7. The Morgan fingerprint density at radius 3 is 2.45 bits per heavy atom. The lowest BCUT2D eigenvalue weighted by atomic mass is 9.93. The Kier molecular flexibility index (Phi) is 8.66. The predicted molar refractivity (Wildman–Crippen MR) is 186 cm³/mol. The van der Waals surface area contributed by atoms with E-state index in [-0.39, 0.29) is 35.7 Å². The maximum Gasteiger partial charge on any atom is 0.435 e. The Labute approximate surface area is 309 Å². The van der Waals surface area contributed by atoms with Gasteiger partial charge in [-0.2, -0.15) is 27.1 Å². The Balaban J connectivity index is 1.22. The van der Waals surface area contributed by atoms with E-state index < -0.39 is 71.0 Å². The molecule has 3 N–H and O–H groups in total. The molecule has 5 aromatic rings. The lowest BCUT2D eigenvalue weighted by Gasteiger charge is -2.23. The van der Waals surface area contributed by atoms with Gasteiger partial charge in [0.15, 0.2) is 5.69 Å². The molecular formula is C40H29F7N6O2. The van der Waals surface area contributed by atoms with Crippen LogP contribution in [-0.4, -0.2) is 33.6 Å². The van der Waals surface area contributed by atoms with Crippen molar-refractivity contribution in [3.8, 4) is 23.0 Å². The van der Waals surface area contributed by atoms with Gasteiger partial charge >= 0.3 is 6.18 Å². The maximum atomic E-state index is 15.3. The largest absolute Gasteiger partial charge is 0.435 e. The first-order valence-electron chi connectivity index (χ1n) is 17.2. The van der Waals surface area contributed by atoms with Crippen LogP contribution >= 0.6 is 0 Å². The van der Waals surface area contributed by atoms with Gasteiger partial charge in [0.1, 0.15) is 29.6 Å². The number of hydrogen-bond donors (Lipinski definition) is 3. The zero-order valence-electron chi connectivity index (χ0n) is 28.8. The van der Waals surface area contributed by atoms with Crippen LogP contribution in [0.4, 0.5) is 36.4 Å². The first kappa shape index (κ1) is 35.8. The molecule has 8 rings (SSSR count). The third kappa shape index (κ3) is 6.77. The first-order valence-corrected chi connectivity index (χ1v) is 17.2. The minimum Gasteiger partial charge on any atom is -0.388 e. The summed E-state index contributed by atoms with van der Waals surface area (Å²) in [7, 11) is 1.77. The summed E-state index contributed by atoms with van der Waals surface area (Å²) in [5, 5.41) is 11.9. The number of benzene rings is 3. The van der Waals surface area contributed by atoms with Gasteiger partial charge in [0.2, 0.25) is 5.91 Å². The van der Waals surface area contributed by atoms with Crippen LogP contribution in [0.5, 0.6) is 0 Å². The summed E-state index contributed by atoms with van der Waals surface area (Å²) in [6, 6.07) is 17.1. The molecule has 0 spiro atoms. The summed E-state index contributed by atoms with van der Waals surface area (Å²) in [4.78, 5) is 31.2. The summed E-state index contributed by atoms with van der Waals surface area (Å²) in [6.45, 7) is -0.696. The molecule has 0 bridgehead atoms. The lowest BCUT2D eigenvalue weighted by Crippen LogP contribution is -2.35. The molecule has 2 aliphatic carbocycles. The molecule has 1 unspecified atom stereocenters. The van der Waals surface area contributed by atoms with E-state index in [2.05, 4.69) is 32.9 Å². The van der Waals surface area contributed by atoms with Crippen LogP contribution in [0.3, 0.4) is 0 Å². The Morgan fingerprint density at radius 2 is 1.75 bits per heavy atom. The van der Waals surface area contributed by atoms with E-state index >= 15 is 8.78 Å². The molecular weight excluding hydrogens is 729 g/mol. The molecule has 0 saturated heterocycles. The summed E-state index contributed by atoms with van der Waals surface area (Å²) >= 11 is 0. The first-order chi connectivity index (χ1) is 26.2. The van der Waals surface area contributed by atoms with Crippen molar-refractivity contribution >= 4 is 17.5 Å². The van der Waals surface area contributed by atoms with E-state index in [1.54, 1.807) is 49.5 Å². The van der Waals surface area contributed by atoms with Crippen molar-refractivity contribution in [2.45, 2.75) is 50.0 Å². The van der Waals surface area contributed by atoms with Gasteiger partial charge in [0.05, 0.1) is 11.7 Å². The van der Waals surface area contributed by atoms with Crippen LogP contribution in [0.25, 0.3) is 11.1 Å². The van der Waals surface area contributed by atoms with Gasteiger partial charge in [-0.1, -0.05) is 18.1 Å². The molecule has 8 nitrogen and oxygen atoms in total. The van der Waals surface area contributed by atoms with E-state index in [9.17, 15) is 31.5 Å². The Bertz CT molecular complexity index is 2430. The zero-order valence-corrected chi connectivity index (χ0v) is 28.8. The number of nitrogens with zero attached hydrogens (tertiary/aromatic N) is 3. The highest BCUT2D eigenvalue weighted by molar-refractivity contribution is 5.99. The van der Waals surface area contributed by atoms with Crippen molar-refractivity contribution in [2.75, 3.05) is 12.4 Å². The number of anilines is 1. The van der Waals surface area contributed by atoms with Crippen LogP contribution in [0.15, 0.2) is 72.8 Å². The summed E-state index contributed by atoms with van der Waals surface area (Å²) in [5.41, 5.74) is 0.958. The van der Waals surface area contributed by atoms with Crippen LogP contribution in [0, 0.1) is 29.4 Å². The summed E-state index contributed by atoms with van der Waals surface area (Å²) < 4.78 is 102. The maximum absolute atomic E-state index is 15.3. The van der Waals surface area contributed by atoms with Gasteiger partial charge in [0.25, 0.3) is 11.8 Å². The minimum absolute atomic E-state index is 0.0796. The average molecular weight is 759 g/mol. The molecule has 3 atom stereocenters. The van der Waals surface area contributed by atoms with Gasteiger partial charge in [-0.15, -0.1) is 0 Å². The van der Waals surface area contributed by atoms with Gasteiger partial charge in [-0.25, -0.2) is 13.8 Å². The molecule has 0 radical (unpaired) electrons. The second kappa shape index (κ2) is 13.3. The fourth-order valence-electron chi connectivity index (χ4n) is 7.44. The van der Waals surface area contributed by atoms with E-state index in [1.807, 2.05) is 12.1 Å². The van der Waals surface area contributed by atoms with Crippen molar-refractivity contribution in [1.29, 1.82) is 0 Å². The molecule has 280 valence electrons. The number of halogens is 7. The molecule has 1 fully saturated rings. The number of pyridine rings is 1. The molecule has 3 aromatic carbocycles. The van der Waals surface area contributed by atoms with Crippen molar-refractivity contribution in [3.05, 3.63) is 135 Å². The Hall–Kier alpha value is -6.17. The van der Waals surface area contributed by atoms with Gasteiger partial charge in [-0.05, 0) is 96.0 Å². The lowest BCUT2D eigenvalue weighted by molar-refractivity contribution is -0.142. The molecule has 2 amide bonds. The number of carbonyl (C=O) groups excluding carboxylic acids is 2. The average Bonchev–Trinajstić information content (AvgIpc) is 3.65. The number of amides is 2. The topological polar surface area (TPSA) is 101 Å². The van der Waals surface area contributed by atoms with Gasteiger partial charge in [0, 0.05) is 53.5 Å². The molecule has 3 aliphatic rings. The second-order valence-electron chi connectivity index (χ2n) is 13.7. The van der Waals surface area contributed by atoms with Crippen LogP contribution in [-0.2, 0) is 36.4 Å². The number of nitrogens with one attached hydrogen (secondary N) is 3. The van der Waals surface area contributed by atoms with Crippen molar-refractivity contribution in [2.24, 2.45) is 5.92 Å². The van der Waals surface area contributed by atoms with E-state index in [0.29, 0.717) is 39.5 Å².